The van der Waals surface area contributed by atoms with Crippen LogP contribution in [0.5, 0.6) is 0 Å². The van der Waals surface area contributed by atoms with Gasteiger partial charge in [0, 0.05) is 39.0 Å². The smallest absolute Gasteiger partial charge is 0.190 e. The van der Waals surface area contributed by atoms with E-state index < -0.39 is 0 Å². The Balaban J connectivity index is 1.42. The minimum absolute atomic E-state index is 0.800. The van der Waals surface area contributed by atoms with Gasteiger partial charge in [0.05, 0.1) is 5.69 Å². The Morgan fingerprint density at radius 2 is 1.75 bits per heavy atom. The standard InChI is InChI=1S/C19H23N5/c1-20-19(21-12-10-16-7-3-2-4-8-16)22-13-11-17-15-24-14-6-5-9-18(24)23-17/h2-9,14-15H,10-13H2,1H3,(H2,20,21,22). The molecule has 0 aliphatic rings. The summed E-state index contributed by atoms with van der Waals surface area (Å²) in [5.41, 5.74) is 3.39. The van der Waals surface area contributed by atoms with Crippen LogP contribution in [0.3, 0.4) is 0 Å². The highest BCUT2D eigenvalue weighted by Crippen LogP contribution is 2.04. The molecule has 3 rings (SSSR count). The third-order valence-corrected chi connectivity index (χ3v) is 3.86. The van der Waals surface area contributed by atoms with Gasteiger partial charge in [-0.1, -0.05) is 36.4 Å². The summed E-state index contributed by atoms with van der Waals surface area (Å²) < 4.78 is 2.04. The van der Waals surface area contributed by atoms with Gasteiger partial charge >= 0.3 is 0 Å². The van der Waals surface area contributed by atoms with Gasteiger partial charge < -0.3 is 15.0 Å². The molecule has 5 nitrogen and oxygen atoms in total. The average molecular weight is 321 g/mol. The molecule has 2 heterocycles. The van der Waals surface area contributed by atoms with Crippen LogP contribution in [0.2, 0.25) is 0 Å². The summed E-state index contributed by atoms with van der Waals surface area (Å²) >= 11 is 0. The van der Waals surface area contributed by atoms with E-state index >= 15 is 0 Å². The van der Waals surface area contributed by atoms with E-state index in [1.165, 1.54) is 5.56 Å². The molecule has 0 aliphatic heterocycles. The lowest BCUT2D eigenvalue weighted by Crippen LogP contribution is -2.39. The van der Waals surface area contributed by atoms with E-state index in [0.29, 0.717) is 0 Å². The average Bonchev–Trinajstić information content (AvgIpc) is 3.04. The van der Waals surface area contributed by atoms with Gasteiger partial charge in [-0.3, -0.25) is 4.99 Å². The molecule has 0 bridgehead atoms. The van der Waals surface area contributed by atoms with Crippen LogP contribution in [-0.2, 0) is 12.8 Å². The number of hydrogen-bond donors (Lipinski definition) is 2. The van der Waals surface area contributed by atoms with Crippen molar-refractivity contribution in [3.63, 3.8) is 0 Å². The Labute approximate surface area is 142 Å². The number of guanidine groups is 1. The maximum absolute atomic E-state index is 4.60. The molecule has 0 atom stereocenters. The van der Waals surface area contributed by atoms with Crippen LogP contribution in [0.1, 0.15) is 11.3 Å². The molecule has 5 heteroatoms. The Kier molecular flexibility index (Phi) is 5.45. The molecule has 2 aromatic heterocycles. The molecule has 3 aromatic rings. The first-order chi connectivity index (χ1) is 11.8. The third kappa shape index (κ3) is 4.35. The minimum Gasteiger partial charge on any atom is -0.356 e. The summed E-state index contributed by atoms with van der Waals surface area (Å²) in [5, 5.41) is 6.68. The quantitative estimate of drug-likeness (QED) is 0.541. The number of aliphatic imine (C=N–C) groups is 1. The Bertz CT molecular complexity index is 759. The zero-order valence-electron chi connectivity index (χ0n) is 13.9. The zero-order chi connectivity index (χ0) is 16.6. The van der Waals surface area contributed by atoms with E-state index in [1.807, 2.05) is 34.9 Å². The van der Waals surface area contributed by atoms with Crippen molar-refractivity contribution in [3.8, 4) is 0 Å². The number of nitrogens with zero attached hydrogens (tertiary/aromatic N) is 3. The normalized spacial score (nSPS) is 11.6. The predicted octanol–water partition coefficient (Wildman–Crippen LogP) is 2.28. The van der Waals surface area contributed by atoms with E-state index in [-0.39, 0.29) is 0 Å². The molecular formula is C19H23N5. The molecule has 0 saturated carbocycles. The van der Waals surface area contributed by atoms with Gasteiger partial charge in [-0.05, 0) is 24.1 Å². The van der Waals surface area contributed by atoms with Crippen LogP contribution < -0.4 is 10.6 Å². The number of benzene rings is 1. The molecule has 0 spiro atoms. The molecule has 1 aromatic carbocycles. The van der Waals surface area contributed by atoms with Crippen molar-refractivity contribution in [1.82, 2.24) is 20.0 Å². The van der Waals surface area contributed by atoms with Crippen molar-refractivity contribution < 1.29 is 0 Å². The fraction of sp³-hybridized carbons (Fsp3) is 0.263. The van der Waals surface area contributed by atoms with Gasteiger partial charge in [0.2, 0.25) is 0 Å². The second-order valence-corrected chi connectivity index (χ2v) is 5.61. The topological polar surface area (TPSA) is 53.7 Å². The molecular weight excluding hydrogens is 298 g/mol. The second-order valence-electron chi connectivity index (χ2n) is 5.61. The van der Waals surface area contributed by atoms with Crippen molar-refractivity contribution in [2.24, 2.45) is 4.99 Å². The number of pyridine rings is 1. The third-order valence-electron chi connectivity index (χ3n) is 3.86. The van der Waals surface area contributed by atoms with Crippen molar-refractivity contribution in [3.05, 3.63) is 72.2 Å². The molecule has 0 unspecified atom stereocenters. The monoisotopic (exact) mass is 321 g/mol. The molecule has 124 valence electrons. The zero-order valence-corrected chi connectivity index (χ0v) is 13.9. The summed E-state index contributed by atoms with van der Waals surface area (Å²) in [7, 11) is 1.79. The van der Waals surface area contributed by atoms with Gasteiger partial charge in [-0.2, -0.15) is 0 Å². The van der Waals surface area contributed by atoms with Gasteiger partial charge in [0.15, 0.2) is 5.96 Å². The highest BCUT2D eigenvalue weighted by Gasteiger charge is 2.02. The van der Waals surface area contributed by atoms with Crippen LogP contribution in [0.25, 0.3) is 5.65 Å². The van der Waals surface area contributed by atoms with Gasteiger partial charge in [-0.15, -0.1) is 0 Å². The number of aromatic nitrogens is 2. The van der Waals surface area contributed by atoms with Gasteiger partial charge in [0.1, 0.15) is 5.65 Å². The fourth-order valence-corrected chi connectivity index (χ4v) is 2.61. The van der Waals surface area contributed by atoms with Crippen LogP contribution >= 0.6 is 0 Å². The van der Waals surface area contributed by atoms with Crippen molar-refractivity contribution in [2.45, 2.75) is 12.8 Å². The highest BCUT2D eigenvalue weighted by atomic mass is 15.2. The molecule has 24 heavy (non-hydrogen) atoms. The Hall–Kier alpha value is -2.82. The van der Waals surface area contributed by atoms with Gasteiger partial charge in [0.25, 0.3) is 0 Å². The number of nitrogens with one attached hydrogen (secondary N) is 2. The Morgan fingerprint density at radius 1 is 1.00 bits per heavy atom. The van der Waals surface area contributed by atoms with E-state index in [0.717, 1.165) is 43.2 Å². The van der Waals surface area contributed by atoms with E-state index in [2.05, 4.69) is 51.1 Å². The largest absolute Gasteiger partial charge is 0.356 e. The van der Waals surface area contributed by atoms with Crippen molar-refractivity contribution in [1.29, 1.82) is 0 Å². The molecule has 0 aliphatic carbocycles. The maximum atomic E-state index is 4.60. The summed E-state index contributed by atoms with van der Waals surface area (Å²) in [4.78, 5) is 8.86. The molecule has 2 N–H and O–H groups in total. The summed E-state index contributed by atoms with van der Waals surface area (Å²) in [6.07, 6.45) is 5.93. The second kappa shape index (κ2) is 8.15. The number of fused-ring (bicyclic) bond motifs is 1. The lowest BCUT2D eigenvalue weighted by Gasteiger charge is -2.11. The summed E-state index contributed by atoms with van der Waals surface area (Å²) in [6.45, 7) is 1.66. The summed E-state index contributed by atoms with van der Waals surface area (Å²) in [5.74, 6) is 0.828. The first kappa shape index (κ1) is 16.1. The predicted molar refractivity (Wildman–Crippen MR) is 98.4 cm³/mol. The minimum atomic E-state index is 0.800. The van der Waals surface area contributed by atoms with Crippen molar-refractivity contribution in [2.75, 3.05) is 20.1 Å². The molecule has 0 saturated heterocycles. The highest BCUT2D eigenvalue weighted by molar-refractivity contribution is 5.79. The van der Waals surface area contributed by atoms with Gasteiger partial charge in [-0.25, -0.2) is 4.98 Å². The van der Waals surface area contributed by atoms with E-state index in [1.54, 1.807) is 7.05 Å². The first-order valence-electron chi connectivity index (χ1n) is 8.26. The molecule has 0 fully saturated rings. The van der Waals surface area contributed by atoms with Crippen molar-refractivity contribution >= 4 is 11.6 Å². The fourth-order valence-electron chi connectivity index (χ4n) is 2.61. The lowest BCUT2D eigenvalue weighted by atomic mass is 10.1. The summed E-state index contributed by atoms with van der Waals surface area (Å²) in [6, 6.07) is 16.5. The molecule has 0 radical (unpaired) electrons. The van der Waals surface area contributed by atoms with Crippen LogP contribution in [0.4, 0.5) is 0 Å². The maximum Gasteiger partial charge on any atom is 0.190 e. The number of hydrogen-bond acceptors (Lipinski definition) is 2. The van der Waals surface area contributed by atoms with Crippen LogP contribution in [0, 0.1) is 0 Å². The SMILES string of the molecule is CN=C(NCCc1ccccc1)NCCc1cn2ccccc2n1. The number of rotatable bonds is 6. The van der Waals surface area contributed by atoms with Crippen LogP contribution in [-0.4, -0.2) is 35.5 Å². The first-order valence-corrected chi connectivity index (χ1v) is 8.26. The van der Waals surface area contributed by atoms with E-state index in [9.17, 15) is 0 Å². The number of imidazole rings is 1. The molecule has 0 amide bonds. The Morgan fingerprint density at radius 3 is 2.50 bits per heavy atom. The lowest BCUT2D eigenvalue weighted by molar-refractivity contribution is 0.778. The van der Waals surface area contributed by atoms with E-state index in [4.69, 9.17) is 0 Å². The van der Waals surface area contributed by atoms with Crippen LogP contribution in [0.15, 0.2) is 65.9 Å².